The van der Waals surface area contributed by atoms with Gasteiger partial charge in [-0.05, 0) is 46.7 Å². The summed E-state index contributed by atoms with van der Waals surface area (Å²) in [5.41, 5.74) is 5.40. The lowest BCUT2D eigenvalue weighted by Gasteiger charge is -2.08. The van der Waals surface area contributed by atoms with Crippen molar-refractivity contribution in [2.75, 3.05) is 11.9 Å². The van der Waals surface area contributed by atoms with Gasteiger partial charge in [0.25, 0.3) is 0 Å². The third-order valence-electron chi connectivity index (χ3n) is 3.93. The first-order valence-corrected chi connectivity index (χ1v) is 8.17. The molecule has 1 heterocycles. The molecule has 2 nitrogen and oxygen atoms in total. The topological polar surface area (TPSA) is 12.5 Å². The molecule has 0 amide bonds. The number of fused-ring (bicyclic) bond motifs is 2. The van der Waals surface area contributed by atoms with Crippen LogP contribution in [-0.2, 0) is 0 Å². The zero-order valence-electron chi connectivity index (χ0n) is 12.6. The molecule has 3 heteroatoms. The van der Waals surface area contributed by atoms with Crippen molar-refractivity contribution >= 4 is 38.5 Å². The van der Waals surface area contributed by atoms with Gasteiger partial charge in [-0.25, -0.2) is 0 Å². The molecule has 4 rings (SSSR count). The summed E-state index contributed by atoms with van der Waals surface area (Å²) in [5, 5.41) is 2.46. The van der Waals surface area contributed by atoms with Gasteiger partial charge in [-0.15, -0.1) is 0 Å². The molecule has 0 fully saturated rings. The highest BCUT2D eigenvalue weighted by molar-refractivity contribution is 9.10. The maximum atomic E-state index is 5.86. The van der Waals surface area contributed by atoms with E-state index in [1.807, 2.05) is 36.2 Å². The van der Waals surface area contributed by atoms with E-state index in [-0.39, 0.29) is 0 Å². The highest BCUT2D eigenvalue weighted by Crippen LogP contribution is 2.39. The fourth-order valence-electron chi connectivity index (χ4n) is 2.69. The number of benzene rings is 3. The molecule has 1 aliphatic rings. The van der Waals surface area contributed by atoms with Crippen LogP contribution in [0.25, 0.3) is 16.8 Å². The van der Waals surface area contributed by atoms with Crippen molar-refractivity contribution in [1.29, 1.82) is 0 Å². The highest BCUT2D eigenvalue weighted by Gasteiger charge is 2.22. The second kappa shape index (κ2) is 5.62. The van der Waals surface area contributed by atoms with Gasteiger partial charge in [0, 0.05) is 11.5 Å². The van der Waals surface area contributed by atoms with Gasteiger partial charge in [-0.1, -0.05) is 58.1 Å². The number of anilines is 1. The Morgan fingerprint density at radius 3 is 2.70 bits per heavy atom. The summed E-state index contributed by atoms with van der Waals surface area (Å²) in [6.45, 7) is 0. The summed E-state index contributed by atoms with van der Waals surface area (Å²) >= 11 is 3.49. The van der Waals surface area contributed by atoms with Crippen LogP contribution in [0, 0.1) is 0 Å². The van der Waals surface area contributed by atoms with E-state index in [9.17, 15) is 0 Å². The Balaban J connectivity index is 1.71. The summed E-state index contributed by atoms with van der Waals surface area (Å²) in [7, 11) is 1.98. The van der Waals surface area contributed by atoms with Crippen molar-refractivity contribution in [1.82, 2.24) is 0 Å². The van der Waals surface area contributed by atoms with Crippen molar-refractivity contribution < 1.29 is 4.74 Å². The third-order valence-corrected chi connectivity index (χ3v) is 4.42. The first-order valence-electron chi connectivity index (χ1n) is 7.37. The third kappa shape index (κ3) is 2.65. The molecule has 23 heavy (non-hydrogen) atoms. The monoisotopic (exact) mass is 363 g/mol. The molecular formula is C20H14BrNO. The SMILES string of the molecule is CN1C(=C=Cc2ccc3ccccc3c2)Oc2ccc(Br)cc21. The number of nitrogens with zero attached hydrogens (tertiary/aromatic N) is 1. The average Bonchev–Trinajstić information content (AvgIpc) is 2.89. The Bertz CT molecular complexity index is 970. The fraction of sp³-hybridized carbons (Fsp3) is 0.0500. The maximum Gasteiger partial charge on any atom is 0.246 e. The van der Waals surface area contributed by atoms with Gasteiger partial charge in [0.15, 0.2) is 5.75 Å². The van der Waals surface area contributed by atoms with E-state index in [4.69, 9.17) is 4.74 Å². The van der Waals surface area contributed by atoms with Crippen molar-refractivity contribution in [2.45, 2.75) is 0 Å². The minimum Gasteiger partial charge on any atom is -0.432 e. The van der Waals surface area contributed by atoms with Crippen LogP contribution in [-0.4, -0.2) is 7.05 Å². The highest BCUT2D eigenvalue weighted by atomic mass is 79.9. The summed E-state index contributed by atoms with van der Waals surface area (Å²) in [4.78, 5) is 2.00. The van der Waals surface area contributed by atoms with Crippen molar-refractivity contribution in [3.8, 4) is 5.75 Å². The van der Waals surface area contributed by atoms with E-state index < -0.39 is 0 Å². The summed E-state index contributed by atoms with van der Waals surface area (Å²) < 4.78 is 6.90. The quantitative estimate of drug-likeness (QED) is 0.523. The minimum atomic E-state index is 0.700. The lowest BCUT2D eigenvalue weighted by Crippen LogP contribution is -2.12. The molecule has 0 bridgehead atoms. The van der Waals surface area contributed by atoms with Crippen LogP contribution in [0.5, 0.6) is 5.75 Å². The average molecular weight is 364 g/mol. The van der Waals surface area contributed by atoms with E-state index in [0.29, 0.717) is 5.88 Å². The Morgan fingerprint density at radius 2 is 1.83 bits per heavy atom. The van der Waals surface area contributed by atoms with E-state index >= 15 is 0 Å². The van der Waals surface area contributed by atoms with Crippen LogP contribution < -0.4 is 9.64 Å². The fourth-order valence-corrected chi connectivity index (χ4v) is 3.04. The molecule has 0 saturated heterocycles. The zero-order valence-corrected chi connectivity index (χ0v) is 14.2. The van der Waals surface area contributed by atoms with Gasteiger partial charge in [-0.2, -0.15) is 0 Å². The molecule has 3 aromatic carbocycles. The molecule has 0 N–H and O–H groups in total. The van der Waals surface area contributed by atoms with Crippen LogP contribution in [0.2, 0.25) is 0 Å². The van der Waals surface area contributed by atoms with Crippen LogP contribution in [0.15, 0.2) is 76.8 Å². The lowest BCUT2D eigenvalue weighted by molar-refractivity contribution is 0.445. The molecule has 0 radical (unpaired) electrons. The molecule has 0 unspecified atom stereocenters. The van der Waals surface area contributed by atoms with Crippen molar-refractivity contribution in [3.05, 3.63) is 82.3 Å². The van der Waals surface area contributed by atoms with Gasteiger partial charge < -0.3 is 9.64 Å². The summed E-state index contributed by atoms with van der Waals surface area (Å²) in [6.07, 6.45) is 1.96. The molecule has 0 aromatic heterocycles. The molecule has 1 aliphatic heterocycles. The van der Waals surface area contributed by atoms with Gasteiger partial charge in [0.1, 0.15) is 0 Å². The Morgan fingerprint density at radius 1 is 1.00 bits per heavy atom. The van der Waals surface area contributed by atoms with Crippen molar-refractivity contribution in [3.63, 3.8) is 0 Å². The van der Waals surface area contributed by atoms with Gasteiger partial charge in [0.2, 0.25) is 5.88 Å². The van der Waals surface area contributed by atoms with Gasteiger partial charge in [0.05, 0.1) is 5.69 Å². The standard InChI is InChI=1S/C20H14BrNO/c1-22-18-13-17(21)9-10-19(18)23-20(22)11-7-14-6-8-15-4-2-3-5-16(15)12-14/h2-10,12-13H,1H3. The number of hydrogen-bond donors (Lipinski definition) is 0. The normalized spacial score (nSPS) is 12.8. The molecule has 0 saturated carbocycles. The number of ether oxygens (including phenoxy) is 1. The zero-order chi connectivity index (χ0) is 15.8. The second-order valence-corrected chi connectivity index (χ2v) is 6.39. The van der Waals surface area contributed by atoms with Crippen LogP contribution >= 0.6 is 15.9 Å². The van der Waals surface area contributed by atoms with E-state index in [1.54, 1.807) is 0 Å². The Labute approximate surface area is 143 Å². The van der Waals surface area contributed by atoms with Gasteiger partial charge >= 0.3 is 0 Å². The molecular weight excluding hydrogens is 350 g/mol. The number of rotatable bonds is 1. The lowest BCUT2D eigenvalue weighted by atomic mass is 10.1. The maximum absolute atomic E-state index is 5.86. The molecule has 0 spiro atoms. The molecule has 3 aromatic rings. The van der Waals surface area contributed by atoms with Crippen LogP contribution in [0.3, 0.4) is 0 Å². The number of halogens is 1. The predicted molar refractivity (Wildman–Crippen MR) is 98.6 cm³/mol. The smallest absolute Gasteiger partial charge is 0.246 e. The first kappa shape index (κ1) is 14.1. The van der Waals surface area contributed by atoms with Gasteiger partial charge in [-0.3, -0.25) is 0 Å². The summed E-state index contributed by atoms with van der Waals surface area (Å²) in [5.74, 6) is 1.55. The summed E-state index contributed by atoms with van der Waals surface area (Å²) in [6, 6.07) is 20.7. The largest absolute Gasteiger partial charge is 0.432 e. The molecule has 112 valence electrons. The Hall–Kier alpha value is -2.48. The second-order valence-electron chi connectivity index (χ2n) is 5.47. The van der Waals surface area contributed by atoms with Crippen LogP contribution in [0.1, 0.15) is 5.56 Å². The van der Waals surface area contributed by atoms with E-state index in [0.717, 1.165) is 21.5 Å². The van der Waals surface area contributed by atoms with E-state index in [1.165, 1.54) is 10.8 Å². The molecule has 0 atom stereocenters. The first-order chi connectivity index (χ1) is 11.2. The Kier molecular flexibility index (Phi) is 3.45. The van der Waals surface area contributed by atoms with E-state index in [2.05, 4.69) is 64.1 Å². The minimum absolute atomic E-state index is 0.700. The van der Waals surface area contributed by atoms with Crippen LogP contribution in [0.4, 0.5) is 5.69 Å². The number of hydrogen-bond acceptors (Lipinski definition) is 2. The van der Waals surface area contributed by atoms with Crippen molar-refractivity contribution in [2.24, 2.45) is 0 Å². The molecule has 0 aliphatic carbocycles. The predicted octanol–water partition coefficient (Wildman–Crippen LogP) is 5.58.